The highest BCUT2D eigenvalue weighted by Gasteiger charge is 2.26. The summed E-state index contributed by atoms with van der Waals surface area (Å²) in [5, 5.41) is 13.3. The van der Waals surface area contributed by atoms with E-state index < -0.39 is 12.1 Å². The third kappa shape index (κ3) is 5.35. The van der Waals surface area contributed by atoms with Gasteiger partial charge in [0.1, 0.15) is 18.2 Å². The van der Waals surface area contributed by atoms with Crippen molar-refractivity contribution in [3.8, 4) is 16.9 Å². The second-order valence-corrected chi connectivity index (χ2v) is 8.82. The van der Waals surface area contributed by atoms with Gasteiger partial charge in [-0.25, -0.2) is 14.2 Å². The van der Waals surface area contributed by atoms with Crippen molar-refractivity contribution in [3.05, 3.63) is 68.9 Å². The Morgan fingerprint density at radius 3 is 2.74 bits per heavy atom. The van der Waals surface area contributed by atoms with E-state index >= 15 is 0 Å². The Hall–Kier alpha value is -3.50. The molecule has 1 aliphatic rings. The Morgan fingerprint density at radius 2 is 2.03 bits per heavy atom. The van der Waals surface area contributed by atoms with E-state index in [9.17, 15) is 14.0 Å². The average molecular weight is 487 g/mol. The molecule has 1 N–H and O–H groups in total. The van der Waals surface area contributed by atoms with Crippen LogP contribution in [0.4, 0.5) is 9.18 Å². The lowest BCUT2D eigenvalue weighted by Crippen LogP contribution is -2.34. The number of benzene rings is 2. The molecule has 0 unspecified atom stereocenters. The van der Waals surface area contributed by atoms with E-state index in [1.807, 2.05) is 6.92 Å². The van der Waals surface area contributed by atoms with Crippen molar-refractivity contribution in [2.75, 3.05) is 13.7 Å². The number of ether oxygens (including phenoxy) is 2. The predicted octanol–water partition coefficient (Wildman–Crippen LogP) is 4.52. The van der Waals surface area contributed by atoms with Crippen molar-refractivity contribution in [2.45, 2.75) is 32.9 Å². The van der Waals surface area contributed by atoms with Gasteiger partial charge in [0, 0.05) is 17.5 Å². The van der Waals surface area contributed by atoms with Gasteiger partial charge in [-0.2, -0.15) is 0 Å². The lowest BCUT2D eigenvalue weighted by molar-refractivity contribution is -0.139. The van der Waals surface area contributed by atoms with Crippen LogP contribution in [0.25, 0.3) is 11.1 Å². The number of carbonyl (C=O) groups is 2. The normalized spacial score (nSPS) is 13.3. The Balaban J connectivity index is 1.56. The minimum atomic E-state index is -0.955. The first kappa shape index (κ1) is 23.7. The van der Waals surface area contributed by atoms with Crippen LogP contribution in [0.1, 0.15) is 27.4 Å². The van der Waals surface area contributed by atoms with Crippen LogP contribution >= 0.6 is 11.3 Å². The molecule has 3 aromatic rings. The topological polar surface area (TPSA) is 98.2 Å². The third-order valence-corrected chi connectivity index (χ3v) is 6.26. The molecule has 0 atom stereocenters. The number of nitrogens with zero attached hydrogens (tertiary/aromatic N) is 2. The van der Waals surface area contributed by atoms with Crippen LogP contribution in [0.5, 0.6) is 5.75 Å². The largest absolute Gasteiger partial charge is 0.528 e. The maximum Gasteiger partial charge on any atom is 0.528 e. The van der Waals surface area contributed by atoms with Crippen molar-refractivity contribution in [1.82, 2.24) is 10.0 Å². The molecular weight excluding hydrogens is 463 g/mol. The molecule has 178 valence electrons. The van der Waals surface area contributed by atoms with E-state index in [2.05, 4.69) is 4.98 Å². The van der Waals surface area contributed by atoms with Gasteiger partial charge in [0.15, 0.2) is 0 Å². The molecule has 0 aliphatic carbocycles. The lowest BCUT2D eigenvalue weighted by Gasteiger charge is -2.29. The molecule has 0 spiro atoms. The lowest BCUT2D eigenvalue weighted by atomic mass is 9.90. The maximum atomic E-state index is 14.6. The zero-order chi connectivity index (χ0) is 24.2. The number of halogens is 1. The quantitative estimate of drug-likeness (QED) is 0.487. The van der Waals surface area contributed by atoms with Gasteiger partial charge in [0.2, 0.25) is 0 Å². The molecule has 0 fully saturated rings. The standard InChI is InChI=1S/C24H23FN2O6S/c1-14-26-16(13-34-14)12-32-24(30)33-27-8-7-18-20(11-27)17(4-5-21(18)25)19-9-15(10-23(28)29)3-6-22(19)31-2/h3-6,9,13H,7-8,10-12H2,1-2H3,(H,28,29). The van der Waals surface area contributed by atoms with Crippen molar-refractivity contribution in [3.63, 3.8) is 0 Å². The fourth-order valence-corrected chi connectivity index (χ4v) is 4.52. The number of thiazole rings is 1. The van der Waals surface area contributed by atoms with E-state index in [1.165, 1.54) is 29.6 Å². The Bertz CT molecular complexity index is 1230. The smallest absolute Gasteiger partial charge is 0.496 e. The Kier molecular flexibility index (Phi) is 7.09. The number of hydrogen-bond donors (Lipinski definition) is 1. The number of hydroxylamine groups is 2. The van der Waals surface area contributed by atoms with Crippen LogP contribution in [0, 0.1) is 12.7 Å². The van der Waals surface area contributed by atoms with Crippen molar-refractivity contribution < 1.29 is 33.4 Å². The molecule has 0 radical (unpaired) electrons. The van der Waals surface area contributed by atoms with Crippen LogP contribution < -0.4 is 4.74 Å². The molecule has 1 aliphatic heterocycles. The number of aryl methyl sites for hydroxylation is 1. The highest BCUT2D eigenvalue weighted by molar-refractivity contribution is 7.09. The first-order valence-corrected chi connectivity index (χ1v) is 11.4. The van der Waals surface area contributed by atoms with E-state index in [0.717, 1.165) is 5.01 Å². The first-order valence-electron chi connectivity index (χ1n) is 10.5. The number of fused-ring (bicyclic) bond motifs is 1. The summed E-state index contributed by atoms with van der Waals surface area (Å²) in [7, 11) is 1.51. The Labute approximate surface area is 199 Å². The zero-order valence-corrected chi connectivity index (χ0v) is 19.5. The molecule has 34 heavy (non-hydrogen) atoms. The van der Waals surface area contributed by atoms with Crippen LogP contribution in [0.2, 0.25) is 0 Å². The summed E-state index contributed by atoms with van der Waals surface area (Å²) in [6, 6.07) is 8.12. The van der Waals surface area contributed by atoms with Gasteiger partial charge >= 0.3 is 12.1 Å². The van der Waals surface area contributed by atoms with Crippen LogP contribution in [-0.2, 0) is 40.4 Å². The van der Waals surface area contributed by atoms with Crippen LogP contribution in [0.15, 0.2) is 35.7 Å². The number of carboxylic acid groups (broad SMARTS) is 1. The van der Waals surface area contributed by atoms with Crippen LogP contribution in [0.3, 0.4) is 0 Å². The van der Waals surface area contributed by atoms with Gasteiger partial charge in [-0.3, -0.25) is 4.79 Å². The van der Waals surface area contributed by atoms with Crippen molar-refractivity contribution >= 4 is 23.5 Å². The van der Waals surface area contributed by atoms with Gasteiger partial charge in [0.05, 0.1) is 30.8 Å². The molecule has 2 aromatic carbocycles. The van der Waals surface area contributed by atoms with E-state index in [1.54, 1.807) is 29.6 Å². The fraction of sp³-hybridized carbons (Fsp3) is 0.292. The molecule has 0 saturated heterocycles. The minimum absolute atomic E-state index is 0.00104. The summed E-state index contributed by atoms with van der Waals surface area (Å²) in [6.07, 6.45) is -0.696. The van der Waals surface area contributed by atoms with Crippen LogP contribution in [-0.4, -0.2) is 40.9 Å². The summed E-state index contributed by atoms with van der Waals surface area (Å²) >= 11 is 1.46. The summed E-state index contributed by atoms with van der Waals surface area (Å²) in [5.74, 6) is -0.775. The number of aromatic nitrogens is 1. The van der Waals surface area contributed by atoms with Gasteiger partial charge in [0.25, 0.3) is 0 Å². The van der Waals surface area contributed by atoms with Gasteiger partial charge in [-0.05, 0) is 53.8 Å². The second kappa shape index (κ2) is 10.2. The Morgan fingerprint density at radius 1 is 1.21 bits per heavy atom. The molecule has 0 bridgehead atoms. The highest BCUT2D eigenvalue weighted by Crippen LogP contribution is 2.37. The number of aliphatic carboxylic acids is 1. The molecular formula is C24H23FN2O6S. The van der Waals surface area contributed by atoms with E-state index in [0.29, 0.717) is 52.2 Å². The minimum Gasteiger partial charge on any atom is -0.496 e. The number of carbonyl (C=O) groups excluding carboxylic acids is 1. The summed E-state index contributed by atoms with van der Waals surface area (Å²) in [4.78, 5) is 33.0. The SMILES string of the molecule is COc1ccc(CC(=O)O)cc1-c1ccc(F)c2c1CN(OC(=O)OCc1csc(C)n1)CC2. The van der Waals surface area contributed by atoms with Crippen molar-refractivity contribution in [2.24, 2.45) is 0 Å². The van der Waals surface area contributed by atoms with E-state index in [-0.39, 0.29) is 25.4 Å². The van der Waals surface area contributed by atoms with Gasteiger partial charge < -0.3 is 19.4 Å². The van der Waals surface area contributed by atoms with E-state index in [4.69, 9.17) is 19.4 Å². The van der Waals surface area contributed by atoms with Crippen molar-refractivity contribution in [1.29, 1.82) is 0 Å². The highest BCUT2D eigenvalue weighted by atomic mass is 32.1. The fourth-order valence-electron chi connectivity index (χ4n) is 3.93. The first-order chi connectivity index (χ1) is 16.3. The third-order valence-electron chi connectivity index (χ3n) is 5.44. The zero-order valence-electron chi connectivity index (χ0n) is 18.7. The number of rotatable bonds is 7. The molecule has 2 heterocycles. The second-order valence-electron chi connectivity index (χ2n) is 7.76. The summed E-state index contributed by atoms with van der Waals surface area (Å²) in [5.41, 5.74) is 3.71. The molecule has 10 heteroatoms. The molecule has 1 aromatic heterocycles. The van der Waals surface area contributed by atoms with Gasteiger partial charge in [-0.15, -0.1) is 16.4 Å². The molecule has 8 nitrogen and oxygen atoms in total. The molecule has 0 saturated carbocycles. The number of methoxy groups -OCH3 is 1. The summed E-state index contributed by atoms with van der Waals surface area (Å²) < 4.78 is 25.3. The maximum absolute atomic E-state index is 14.6. The molecule has 4 rings (SSSR count). The van der Waals surface area contributed by atoms with Gasteiger partial charge in [-0.1, -0.05) is 12.1 Å². The molecule has 0 amide bonds. The predicted molar refractivity (Wildman–Crippen MR) is 122 cm³/mol. The summed E-state index contributed by atoms with van der Waals surface area (Å²) in [6.45, 7) is 2.30. The average Bonchev–Trinajstić information content (AvgIpc) is 3.23. The number of carboxylic acids is 1. The number of hydrogen-bond acceptors (Lipinski definition) is 8. The monoisotopic (exact) mass is 486 g/mol.